The molecular formula is C16H21N3O. The van der Waals surface area contributed by atoms with Crippen LogP contribution in [-0.4, -0.2) is 34.1 Å². The SMILES string of the molecule is Cc1ccc(C(=O)CN(C)Cc2cnn(C)c2)cc1C. The first-order valence-corrected chi connectivity index (χ1v) is 6.72. The van der Waals surface area contributed by atoms with Crippen LogP contribution in [0.1, 0.15) is 27.0 Å². The molecule has 106 valence electrons. The van der Waals surface area contributed by atoms with E-state index in [9.17, 15) is 4.79 Å². The molecule has 0 atom stereocenters. The predicted molar refractivity (Wildman–Crippen MR) is 79.8 cm³/mol. The Balaban J connectivity index is 1.98. The molecule has 0 unspecified atom stereocenters. The molecule has 0 aliphatic carbocycles. The highest BCUT2D eigenvalue weighted by atomic mass is 16.1. The van der Waals surface area contributed by atoms with E-state index in [0.717, 1.165) is 23.2 Å². The van der Waals surface area contributed by atoms with E-state index in [0.29, 0.717) is 6.54 Å². The number of carbonyl (C=O) groups excluding carboxylic acids is 1. The molecule has 0 aliphatic rings. The van der Waals surface area contributed by atoms with Crippen molar-refractivity contribution in [2.45, 2.75) is 20.4 Å². The first kappa shape index (κ1) is 14.5. The van der Waals surface area contributed by atoms with Crippen molar-refractivity contribution in [1.29, 1.82) is 0 Å². The van der Waals surface area contributed by atoms with Crippen molar-refractivity contribution in [3.05, 3.63) is 52.8 Å². The second kappa shape index (κ2) is 6.01. The number of aryl methyl sites for hydroxylation is 3. The third-order valence-electron chi connectivity index (χ3n) is 3.45. The van der Waals surface area contributed by atoms with E-state index >= 15 is 0 Å². The molecule has 20 heavy (non-hydrogen) atoms. The molecule has 0 N–H and O–H groups in total. The third-order valence-corrected chi connectivity index (χ3v) is 3.45. The lowest BCUT2D eigenvalue weighted by molar-refractivity contribution is 0.0943. The zero-order chi connectivity index (χ0) is 14.7. The smallest absolute Gasteiger partial charge is 0.176 e. The van der Waals surface area contributed by atoms with Gasteiger partial charge < -0.3 is 0 Å². The number of aromatic nitrogens is 2. The maximum Gasteiger partial charge on any atom is 0.176 e. The molecule has 1 heterocycles. The van der Waals surface area contributed by atoms with Crippen molar-refractivity contribution < 1.29 is 4.79 Å². The zero-order valence-electron chi connectivity index (χ0n) is 12.6. The minimum Gasteiger partial charge on any atom is -0.294 e. The van der Waals surface area contributed by atoms with Gasteiger partial charge in [0.1, 0.15) is 0 Å². The Hall–Kier alpha value is -1.94. The van der Waals surface area contributed by atoms with Crippen molar-refractivity contribution >= 4 is 5.78 Å². The van der Waals surface area contributed by atoms with Crippen LogP contribution in [-0.2, 0) is 13.6 Å². The molecule has 0 aliphatic heterocycles. The molecule has 0 fully saturated rings. The molecule has 0 saturated heterocycles. The van der Waals surface area contributed by atoms with Crippen LogP contribution in [0, 0.1) is 13.8 Å². The number of likely N-dealkylation sites (N-methyl/N-ethyl adjacent to an activating group) is 1. The Bertz CT molecular complexity index is 616. The summed E-state index contributed by atoms with van der Waals surface area (Å²) in [6.45, 7) is 5.23. The van der Waals surface area contributed by atoms with Gasteiger partial charge in [0.05, 0.1) is 12.7 Å². The summed E-state index contributed by atoms with van der Waals surface area (Å²) in [5.74, 6) is 0.152. The lowest BCUT2D eigenvalue weighted by Crippen LogP contribution is -2.25. The van der Waals surface area contributed by atoms with Gasteiger partial charge in [0.25, 0.3) is 0 Å². The van der Waals surface area contributed by atoms with E-state index in [1.165, 1.54) is 5.56 Å². The summed E-state index contributed by atoms with van der Waals surface area (Å²) in [6.07, 6.45) is 3.80. The Morgan fingerprint density at radius 1 is 1.30 bits per heavy atom. The second-order valence-corrected chi connectivity index (χ2v) is 5.42. The molecule has 4 heteroatoms. The van der Waals surface area contributed by atoms with Gasteiger partial charge in [-0.1, -0.05) is 12.1 Å². The fraction of sp³-hybridized carbons (Fsp3) is 0.375. The number of benzene rings is 1. The Morgan fingerprint density at radius 3 is 2.65 bits per heavy atom. The maximum absolute atomic E-state index is 12.3. The number of Topliss-reactive ketones (excluding diaryl/α,β-unsaturated/α-hetero) is 1. The van der Waals surface area contributed by atoms with Gasteiger partial charge in [-0.15, -0.1) is 0 Å². The van der Waals surface area contributed by atoms with Crippen LogP contribution >= 0.6 is 0 Å². The summed E-state index contributed by atoms with van der Waals surface area (Å²) in [5, 5.41) is 4.13. The molecule has 4 nitrogen and oxygen atoms in total. The van der Waals surface area contributed by atoms with Gasteiger partial charge in [-0.2, -0.15) is 5.10 Å². The summed E-state index contributed by atoms with van der Waals surface area (Å²) in [6, 6.07) is 5.88. The lowest BCUT2D eigenvalue weighted by atomic mass is 10.0. The normalized spacial score (nSPS) is 11.1. The number of hydrogen-bond donors (Lipinski definition) is 0. The fourth-order valence-corrected chi connectivity index (χ4v) is 2.17. The molecule has 0 amide bonds. The van der Waals surface area contributed by atoms with Gasteiger partial charge in [0, 0.05) is 30.9 Å². The van der Waals surface area contributed by atoms with E-state index in [1.807, 2.05) is 56.5 Å². The van der Waals surface area contributed by atoms with Crippen LogP contribution in [0.4, 0.5) is 0 Å². The summed E-state index contributed by atoms with van der Waals surface area (Å²) >= 11 is 0. The number of hydrogen-bond acceptors (Lipinski definition) is 3. The number of nitrogens with zero attached hydrogens (tertiary/aromatic N) is 3. The lowest BCUT2D eigenvalue weighted by Gasteiger charge is -2.15. The number of carbonyl (C=O) groups is 1. The monoisotopic (exact) mass is 271 g/mol. The van der Waals surface area contributed by atoms with Gasteiger partial charge in [-0.3, -0.25) is 14.4 Å². The first-order valence-electron chi connectivity index (χ1n) is 6.72. The van der Waals surface area contributed by atoms with Gasteiger partial charge in [0.2, 0.25) is 0 Å². The number of ketones is 1. The van der Waals surface area contributed by atoms with Crippen LogP contribution in [0.2, 0.25) is 0 Å². The molecule has 1 aromatic heterocycles. The molecule has 0 bridgehead atoms. The quantitative estimate of drug-likeness (QED) is 0.784. The van der Waals surface area contributed by atoms with Gasteiger partial charge in [0.15, 0.2) is 5.78 Å². The van der Waals surface area contributed by atoms with Crippen LogP contribution in [0.3, 0.4) is 0 Å². The predicted octanol–water partition coefficient (Wildman–Crippen LogP) is 2.35. The Labute approximate surface area is 120 Å². The summed E-state index contributed by atoms with van der Waals surface area (Å²) < 4.78 is 1.77. The van der Waals surface area contributed by atoms with Crippen LogP contribution in [0.15, 0.2) is 30.6 Å². The van der Waals surface area contributed by atoms with Gasteiger partial charge in [-0.25, -0.2) is 0 Å². The van der Waals surface area contributed by atoms with Crippen molar-refractivity contribution in [3.63, 3.8) is 0 Å². The zero-order valence-corrected chi connectivity index (χ0v) is 12.6. The molecule has 2 aromatic rings. The molecule has 0 spiro atoms. The van der Waals surface area contributed by atoms with Crippen molar-refractivity contribution in [2.24, 2.45) is 7.05 Å². The van der Waals surface area contributed by atoms with Crippen molar-refractivity contribution in [3.8, 4) is 0 Å². The Kier molecular flexibility index (Phi) is 4.35. The molecular weight excluding hydrogens is 250 g/mol. The fourth-order valence-electron chi connectivity index (χ4n) is 2.17. The summed E-state index contributed by atoms with van der Waals surface area (Å²) in [4.78, 5) is 14.3. The molecule has 2 rings (SSSR count). The van der Waals surface area contributed by atoms with E-state index in [-0.39, 0.29) is 5.78 Å². The summed E-state index contributed by atoms with van der Waals surface area (Å²) in [7, 11) is 3.84. The maximum atomic E-state index is 12.3. The first-order chi connectivity index (χ1) is 9.45. The van der Waals surface area contributed by atoms with E-state index < -0.39 is 0 Å². The minimum absolute atomic E-state index is 0.152. The average Bonchev–Trinajstić information content (AvgIpc) is 2.77. The van der Waals surface area contributed by atoms with Crippen LogP contribution in [0.25, 0.3) is 0 Å². The topological polar surface area (TPSA) is 38.1 Å². The van der Waals surface area contributed by atoms with Gasteiger partial charge >= 0.3 is 0 Å². The van der Waals surface area contributed by atoms with E-state index in [2.05, 4.69) is 12.0 Å². The third kappa shape index (κ3) is 3.54. The van der Waals surface area contributed by atoms with Crippen LogP contribution in [0.5, 0.6) is 0 Å². The standard InChI is InChI=1S/C16H21N3O/c1-12-5-6-15(7-13(12)2)16(20)11-18(3)9-14-8-17-19(4)10-14/h5-8,10H,9,11H2,1-4H3. The average molecular weight is 271 g/mol. The summed E-state index contributed by atoms with van der Waals surface area (Å²) in [5.41, 5.74) is 4.27. The molecule has 1 aromatic carbocycles. The van der Waals surface area contributed by atoms with Crippen LogP contribution < -0.4 is 0 Å². The number of rotatable bonds is 5. The highest BCUT2D eigenvalue weighted by Crippen LogP contribution is 2.11. The highest BCUT2D eigenvalue weighted by molar-refractivity contribution is 5.97. The van der Waals surface area contributed by atoms with Crippen molar-refractivity contribution in [2.75, 3.05) is 13.6 Å². The van der Waals surface area contributed by atoms with Gasteiger partial charge in [-0.05, 0) is 38.1 Å². The van der Waals surface area contributed by atoms with Crippen molar-refractivity contribution in [1.82, 2.24) is 14.7 Å². The highest BCUT2D eigenvalue weighted by Gasteiger charge is 2.11. The minimum atomic E-state index is 0.152. The second-order valence-electron chi connectivity index (χ2n) is 5.42. The molecule has 0 radical (unpaired) electrons. The molecule has 0 saturated carbocycles. The largest absolute Gasteiger partial charge is 0.294 e. The van der Waals surface area contributed by atoms with E-state index in [1.54, 1.807) is 4.68 Å². The van der Waals surface area contributed by atoms with E-state index in [4.69, 9.17) is 0 Å². The Morgan fingerprint density at radius 2 is 2.05 bits per heavy atom.